The van der Waals surface area contributed by atoms with Gasteiger partial charge in [0.1, 0.15) is 0 Å². The van der Waals surface area contributed by atoms with Gasteiger partial charge in [-0.15, -0.1) is 12.1 Å². The maximum Gasteiger partial charge on any atom is 2.00 e. The number of methoxy groups -OCH3 is 1. The molecule has 0 radical (unpaired) electrons. The van der Waals surface area contributed by atoms with Gasteiger partial charge in [-0.3, -0.25) is 0 Å². The van der Waals surface area contributed by atoms with Gasteiger partial charge in [0.25, 0.3) is 0 Å². The Hall–Kier alpha value is -0.357. The minimum Gasteiger partial charge on any atom is -0.522 e. The first-order chi connectivity index (χ1) is 4.93. The third-order valence-electron chi connectivity index (χ3n) is 0.923. The van der Waals surface area contributed by atoms with E-state index in [4.69, 9.17) is 4.74 Å². The molecule has 0 spiro atoms. The van der Waals surface area contributed by atoms with E-state index in [1.54, 1.807) is 14.0 Å². The zero-order chi connectivity index (χ0) is 7.82. The number of rotatable bonds is 1. The third kappa shape index (κ3) is 6.06. The van der Waals surface area contributed by atoms with Crippen molar-refractivity contribution in [3.8, 4) is 5.75 Å². The van der Waals surface area contributed by atoms with Crippen molar-refractivity contribution >= 4 is 0 Å². The zero-order valence-electron chi connectivity index (χ0n) is 7.13. The molecular weight excluding hydrogens is 189 g/mol. The maximum atomic E-state index is 4.89. The summed E-state index contributed by atoms with van der Waals surface area (Å²) < 4.78 is 4.89. The van der Waals surface area contributed by atoms with Crippen molar-refractivity contribution in [2.75, 3.05) is 7.11 Å². The molecule has 1 nitrogen and oxygen atoms in total. The number of benzene rings is 1. The van der Waals surface area contributed by atoms with Crippen molar-refractivity contribution in [1.82, 2.24) is 0 Å². The summed E-state index contributed by atoms with van der Waals surface area (Å²) in [4.78, 5) is 0. The Kier molecular flexibility index (Phi) is 11.6. The first-order valence-corrected chi connectivity index (χ1v) is 3.14. The zero-order valence-corrected chi connectivity index (χ0v) is 10.1. The van der Waals surface area contributed by atoms with E-state index in [9.17, 15) is 0 Å². The second-order valence-corrected chi connectivity index (χ2v) is 1.44. The van der Waals surface area contributed by atoms with Gasteiger partial charge < -0.3 is 11.7 Å². The number of hydrogen-bond acceptors (Lipinski definition) is 1. The van der Waals surface area contributed by atoms with E-state index in [2.05, 4.69) is 13.0 Å². The van der Waals surface area contributed by atoms with Crippen LogP contribution < -0.4 is 4.74 Å². The summed E-state index contributed by atoms with van der Waals surface area (Å²) >= 11 is 0. The Morgan fingerprint density at radius 1 is 1.27 bits per heavy atom. The van der Waals surface area contributed by atoms with E-state index < -0.39 is 0 Å². The second-order valence-electron chi connectivity index (χ2n) is 1.44. The average Bonchev–Trinajstić information content (AvgIpc) is 2.10. The van der Waals surface area contributed by atoms with E-state index in [0.717, 1.165) is 5.75 Å². The quantitative estimate of drug-likeness (QED) is 0.501. The molecule has 0 heterocycles. The van der Waals surface area contributed by atoms with Crippen LogP contribution in [0, 0.1) is 13.0 Å². The van der Waals surface area contributed by atoms with Crippen LogP contribution in [0.1, 0.15) is 6.92 Å². The van der Waals surface area contributed by atoms with Gasteiger partial charge in [0, 0.05) is 5.75 Å². The van der Waals surface area contributed by atoms with Gasteiger partial charge in [0.15, 0.2) is 0 Å². The van der Waals surface area contributed by atoms with Crippen LogP contribution in [0.15, 0.2) is 24.3 Å². The topological polar surface area (TPSA) is 9.23 Å². The molecule has 0 aliphatic rings. The summed E-state index contributed by atoms with van der Waals surface area (Å²) in [5.74, 6) is 0.878. The van der Waals surface area contributed by atoms with Crippen LogP contribution in [0.25, 0.3) is 0 Å². The number of ether oxygens (including phenoxy) is 1. The van der Waals surface area contributed by atoms with Crippen LogP contribution in [0.5, 0.6) is 5.75 Å². The third-order valence-corrected chi connectivity index (χ3v) is 0.923. The molecule has 0 aromatic heterocycles. The number of hydrogen-bond donors (Lipinski definition) is 0. The van der Waals surface area contributed by atoms with Crippen LogP contribution in [-0.2, 0) is 19.5 Å². The standard InChI is InChI=1S/C7H7O.C2H5.Zn/c1-8-7-5-3-2-4-6-7;1-2;/h3-6H,1H3;1H2,2H3;/q2*-1;+2. The molecule has 11 heavy (non-hydrogen) atoms. The molecule has 1 rings (SSSR count). The van der Waals surface area contributed by atoms with E-state index in [0.29, 0.717) is 0 Å². The van der Waals surface area contributed by atoms with Crippen molar-refractivity contribution in [2.45, 2.75) is 6.92 Å². The largest absolute Gasteiger partial charge is 2.00 e. The fourth-order valence-electron chi connectivity index (χ4n) is 0.508. The van der Waals surface area contributed by atoms with Crippen LogP contribution in [0.3, 0.4) is 0 Å². The molecule has 0 aliphatic heterocycles. The van der Waals surface area contributed by atoms with E-state index in [1.807, 2.05) is 24.3 Å². The molecule has 56 valence electrons. The minimum atomic E-state index is 0. The molecule has 0 atom stereocenters. The van der Waals surface area contributed by atoms with Gasteiger partial charge in [-0.2, -0.15) is 25.1 Å². The van der Waals surface area contributed by atoms with Gasteiger partial charge in [0.05, 0.1) is 7.11 Å². The molecule has 0 N–H and O–H groups in total. The van der Waals surface area contributed by atoms with Gasteiger partial charge in [-0.25, -0.2) is 0 Å². The predicted octanol–water partition coefficient (Wildman–Crippen LogP) is 2.33. The Labute approximate surface area is 81.5 Å². The second kappa shape index (κ2) is 9.64. The molecule has 0 fully saturated rings. The van der Waals surface area contributed by atoms with Crippen molar-refractivity contribution in [3.05, 3.63) is 37.3 Å². The maximum absolute atomic E-state index is 4.89. The van der Waals surface area contributed by atoms with Crippen molar-refractivity contribution in [1.29, 1.82) is 0 Å². The minimum absolute atomic E-state index is 0. The summed E-state index contributed by atoms with van der Waals surface area (Å²) in [6.45, 7) is 5.00. The molecule has 0 saturated carbocycles. The molecule has 0 amide bonds. The van der Waals surface area contributed by atoms with E-state index in [-0.39, 0.29) is 19.5 Å². The van der Waals surface area contributed by atoms with E-state index >= 15 is 0 Å². The first-order valence-electron chi connectivity index (χ1n) is 3.14. The summed E-state index contributed by atoms with van der Waals surface area (Å²) in [6.07, 6.45) is 0. The Morgan fingerprint density at radius 3 is 2.00 bits per heavy atom. The molecule has 0 aliphatic carbocycles. The van der Waals surface area contributed by atoms with Crippen molar-refractivity contribution in [3.63, 3.8) is 0 Å². The van der Waals surface area contributed by atoms with Crippen molar-refractivity contribution < 1.29 is 24.2 Å². The normalized spacial score (nSPS) is 6.82. The first kappa shape index (κ1) is 13.2. The van der Waals surface area contributed by atoms with Gasteiger partial charge >= 0.3 is 19.5 Å². The SMILES string of the molecule is COc1cc[c-]cc1.[CH2-]C.[Zn+2]. The smallest absolute Gasteiger partial charge is 0.522 e. The van der Waals surface area contributed by atoms with Gasteiger partial charge in [-0.1, -0.05) is 0 Å². The Balaban J connectivity index is 0. The van der Waals surface area contributed by atoms with Crippen molar-refractivity contribution in [2.24, 2.45) is 0 Å². The fourth-order valence-corrected chi connectivity index (χ4v) is 0.508. The summed E-state index contributed by atoms with van der Waals surface area (Å²) in [6, 6.07) is 10.2. The van der Waals surface area contributed by atoms with Crippen LogP contribution in [0.4, 0.5) is 0 Å². The molecule has 1 aromatic rings. The Morgan fingerprint density at radius 2 is 1.73 bits per heavy atom. The van der Waals surface area contributed by atoms with E-state index in [1.165, 1.54) is 0 Å². The average molecular weight is 202 g/mol. The Bertz CT molecular complexity index is 151. The van der Waals surface area contributed by atoms with Crippen LogP contribution >= 0.6 is 0 Å². The monoisotopic (exact) mass is 200 g/mol. The summed E-state index contributed by atoms with van der Waals surface area (Å²) in [5, 5.41) is 0. The molecule has 0 saturated heterocycles. The molecule has 0 unspecified atom stereocenters. The molecule has 0 bridgehead atoms. The van der Waals surface area contributed by atoms with Gasteiger partial charge in [-0.05, 0) is 0 Å². The molecule has 2 heteroatoms. The van der Waals surface area contributed by atoms with Crippen LogP contribution in [-0.4, -0.2) is 7.11 Å². The predicted molar refractivity (Wildman–Crippen MR) is 42.9 cm³/mol. The molecule has 1 aromatic carbocycles. The van der Waals surface area contributed by atoms with Crippen LogP contribution in [0.2, 0.25) is 0 Å². The summed E-state index contributed by atoms with van der Waals surface area (Å²) in [7, 11) is 1.65. The van der Waals surface area contributed by atoms with Gasteiger partial charge in [0.2, 0.25) is 0 Å². The fraction of sp³-hybridized carbons (Fsp3) is 0.222. The molecular formula is C9H12OZn. The summed E-state index contributed by atoms with van der Waals surface area (Å²) in [5.41, 5.74) is 0.